The Morgan fingerprint density at radius 2 is 1.97 bits per heavy atom. The summed E-state index contributed by atoms with van der Waals surface area (Å²) in [6.45, 7) is 7.35. The molecule has 1 aliphatic rings. The first kappa shape index (κ1) is 21.2. The Morgan fingerprint density at radius 1 is 1.28 bits per heavy atom. The molecule has 2 aromatic rings. The van der Waals surface area contributed by atoms with E-state index in [1.54, 1.807) is 23.1 Å². The van der Waals surface area contributed by atoms with E-state index in [9.17, 15) is 9.90 Å². The van der Waals surface area contributed by atoms with Crippen LogP contribution in [0.25, 0.3) is 17.2 Å². The average Bonchev–Trinajstić information content (AvgIpc) is 3.10. The van der Waals surface area contributed by atoms with Gasteiger partial charge >= 0.3 is 0 Å². The minimum atomic E-state index is -1.45. The van der Waals surface area contributed by atoms with E-state index in [0.29, 0.717) is 24.1 Å². The molecule has 154 valence electrons. The number of carbonyl (C=O) groups is 1. The fourth-order valence-electron chi connectivity index (χ4n) is 4.14. The van der Waals surface area contributed by atoms with E-state index in [4.69, 9.17) is 0 Å². The number of nitrogens with one attached hydrogen (secondary N) is 1. The third kappa shape index (κ3) is 4.26. The van der Waals surface area contributed by atoms with Crippen LogP contribution in [0.1, 0.15) is 31.4 Å². The van der Waals surface area contributed by atoms with Crippen LogP contribution in [0.15, 0.2) is 49.0 Å². The number of likely N-dealkylation sites (N-methyl/N-ethyl adjacent to an activating group) is 1. The average molecular weight is 397 g/mol. The number of halogens is 1. The van der Waals surface area contributed by atoms with E-state index in [1.807, 2.05) is 37.4 Å². The highest BCUT2D eigenvalue weighted by molar-refractivity contribution is 5.84. The molecule has 0 aliphatic carbocycles. The summed E-state index contributed by atoms with van der Waals surface area (Å²) in [6.07, 6.45) is 2.87. The lowest BCUT2D eigenvalue weighted by Crippen LogP contribution is -2.51. The van der Waals surface area contributed by atoms with Gasteiger partial charge in [-0.1, -0.05) is 55.1 Å². The van der Waals surface area contributed by atoms with E-state index in [-0.39, 0.29) is 23.8 Å². The molecule has 1 aliphatic heterocycles. The zero-order chi connectivity index (χ0) is 21.2. The van der Waals surface area contributed by atoms with Crippen molar-refractivity contribution in [3.8, 4) is 11.1 Å². The third-order valence-corrected chi connectivity index (χ3v) is 5.68. The highest BCUT2D eigenvalue weighted by Gasteiger charge is 2.41. The van der Waals surface area contributed by atoms with Crippen molar-refractivity contribution < 1.29 is 14.3 Å². The van der Waals surface area contributed by atoms with Gasteiger partial charge < -0.3 is 15.3 Å². The van der Waals surface area contributed by atoms with E-state index < -0.39 is 5.60 Å². The lowest BCUT2D eigenvalue weighted by atomic mass is 9.93. The first-order valence-corrected chi connectivity index (χ1v) is 9.98. The van der Waals surface area contributed by atoms with Gasteiger partial charge in [0, 0.05) is 18.2 Å². The molecule has 29 heavy (non-hydrogen) atoms. The van der Waals surface area contributed by atoms with Gasteiger partial charge in [-0.2, -0.15) is 0 Å². The Labute approximate surface area is 172 Å². The predicted molar refractivity (Wildman–Crippen MR) is 115 cm³/mol. The number of likely N-dealkylation sites (tertiary alicyclic amines) is 1. The molecule has 2 atom stereocenters. The lowest BCUT2D eigenvalue weighted by molar-refractivity contribution is -0.148. The van der Waals surface area contributed by atoms with Crippen molar-refractivity contribution in [1.82, 2.24) is 10.2 Å². The van der Waals surface area contributed by atoms with Crippen molar-refractivity contribution in [3.63, 3.8) is 0 Å². The first-order valence-electron chi connectivity index (χ1n) is 9.98. The third-order valence-electron chi connectivity index (χ3n) is 5.68. The van der Waals surface area contributed by atoms with E-state index in [0.717, 1.165) is 17.5 Å². The first-order chi connectivity index (χ1) is 13.8. The van der Waals surface area contributed by atoms with E-state index >= 15 is 4.39 Å². The van der Waals surface area contributed by atoms with Crippen molar-refractivity contribution in [2.24, 2.45) is 0 Å². The van der Waals surface area contributed by atoms with Crippen LogP contribution < -0.4 is 5.32 Å². The summed E-state index contributed by atoms with van der Waals surface area (Å²) >= 11 is 0. The second-order valence-corrected chi connectivity index (χ2v) is 8.08. The molecule has 2 N–H and O–H groups in total. The van der Waals surface area contributed by atoms with Crippen molar-refractivity contribution >= 4 is 12.0 Å². The summed E-state index contributed by atoms with van der Waals surface area (Å²) in [5, 5.41) is 13.4. The maximum atomic E-state index is 15.5. The highest BCUT2D eigenvalue weighted by Crippen LogP contribution is 2.31. The zero-order valence-corrected chi connectivity index (χ0v) is 17.3. The van der Waals surface area contributed by atoms with Crippen LogP contribution in [0, 0.1) is 5.82 Å². The maximum absolute atomic E-state index is 15.5. The molecular weight excluding hydrogens is 367 g/mol. The van der Waals surface area contributed by atoms with Crippen LogP contribution in [-0.2, 0) is 11.2 Å². The Bertz CT molecular complexity index is 904. The second kappa shape index (κ2) is 8.47. The molecule has 2 unspecified atom stereocenters. The van der Waals surface area contributed by atoms with Crippen LogP contribution in [0.4, 0.5) is 4.39 Å². The summed E-state index contributed by atoms with van der Waals surface area (Å²) in [4.78, 5) is 14.4. The Hall–Kier alpha value is -2.50. The molecule has 3 rings (SSSR count). The van der Waals surface area contributed by atoms with Crippen molar-refractivity contribution in [1.29, 1.82) is 0 Å². The van der Waals surface area contributed by atoms with Gasteiger partial charge in [0.2, 0.25) is 0 Å². The summed E-state index contributed by atoms with van der Waals surface area (Å²) < 4.78 is 15.5. The molecule has 1 fully saturated rings. The number of aliphatic hydroxyl groups is 1. The number of hydrogen-bond acceptors (Lipinski definition) is 3. The molecule has 1 saturated heterocycles. The molecule has 0 saturated carbocycles. The number of rotatable bonds is 6. The van der Waals surface area contributed by atoms with Gasteiger partial charge in [0.25, 0.3) is 5.91 Å². The van der Waals surface area contributed by atoms with Crippen LogP contribution >= 0.6 is 0 Å². The van der Waals surface area contributed by atoms with Crippen LogP contribution in [0.2, 0.25) is 0 Å². The number of amides is 1. The van der Waals surface area contributed by atoms with Gasteiger partial charge in [-0.25, -0.2) is 4.39 Å². The van der Waals surface area contributed by atoms with Gasteiger partial charge in [0.15, 0.2) is 0 Å². The summed E-state index contributed by atoms with van der Waals surface area (Å²) in [7, 11) is 1.85. The standard InChI is InChI=1S/C24H29FN2O2/c1-5-16-9-6-7-11-18(16)19-12-8-10-17(22(19)25)15-21-20(26-4)13-14-27(21)23(28)24(2,3)29/h5-12,20-21,26,29H,1,13-15H2,2-4H3. The summed E-state index contributed by atoms with van der Waals surface area (Å²) in [6, 6.07) is 12.8. The second-order valence-electron chi connectivity index (χ2n) is 8.08. The topological polar surface area (TPSA) is 52.6 Å². The number of hydrogen-bond donors (Lipinski definition) is 2. The fourth-order valence-corrected chi connectivity index (χ4v) is 4.14. The molecular formula is C24H29FN2O2. The summed E-state index contributed by atoms with van der Waals surface area (Å²) in [5.74, 6) is -0.604. The molecule has 5 heteroatoms. The molecule has 4 nitrogen and oxygen atoms in total. The Balaban J connectivity index is 1.96. The monoisotopic (exact) mass is 396 g/mol. The molecule has 0 radical (unpaired) electrons. The molecule has 0 bridgehead atoms. The van der Waals surface area contributed by atoms with Crippen LogP contribution in [-0.4, -0.2) is 47.2 Å². The number of benzene rings is 2. The zero-order valence-electron chi connectivity index (χ0n) is 17.3. The normalized spacial score (nSPS) is 19.4. The molecule has 0 aromatic heterocycles. The highest BCUT2D eigenvalue weighted by atomic mass is 19.1. The number of carbonyl (C=O) groups excluding carboxylic acids is 1. The number of nitrogens with zero attached hydrogens (tertiary/aromatic N) is 1. The molecule has 0 spiro atoms. The van der Waals surface area contributed by atoms with Crippen LogP contribution in [0.5, 0.6) is 0 Å². The minimum Gasteiger partial charge on any atom is -0.381 e. The molecule has 1 heterocycles. The van der Waals surface area contributed by atoms with Gasteiger partial charge in [0.05, 0.1) is 6.04 Å². The minimum absolute atomic E-state index is 0.0461. The van der Waals surface area contributed by atoms with Gasteiger partial charge in [-0.05, 0) is 50.4 Å². The van der Waals surface area contributed by atoms with Crippen molar-refractivity contribution in [3.05, 3.63) is 66.0 Å². The van der Waals surface area contributed by atoms with Crippen molar-refractivity contribution in [2.75, 3.05) is 13.6 Å². The molecule has 2 aromatic carbocycles. The van der Waals surface area contributed by atoms with Crippen molar-refractivity contribution in [2.45, 2.75) is 44.4 Å². The largest absolute Gasteiger partial charge is 0.381 e. The molecule has 1 amide bonds. The van der Waals surface area contributed by atoms with Gasteiger partial charge in [-0.15, -0.1) is 0 Å². The maximum Gasteiger partial charge on any atom is 0.254 e. The van der Waals surface area contributed by atoms with Crippen LogP contribution in [0.3, 0.4) is 0 Å². The van der Waals surface area contributed by atoms with Gasteiger partial charge in [0.1, 0.15) is 11.4 Å². The summed E-state index contributed by atoms with van der Waals surface area (Å²) in [5.41, 5.74) is 1.29. The smallest absolute Gasteiger partial charge is 0.254 e. The predicted octanol–water partition coefficient (Wildman–Crippen LogP) is 3.64. The Kier molecular flexibility index (Phi) is 6.20. The lowest BCUT2D eigenvalue weighted by Gasteiger charge is -2.32. The Morgan fingerprint density at radius 3 is 2.62 bits per heavy atom. The SMILES string of the molecule is C=Cc1ccccc1-c1cccc(CC2C(NC)CCN2C(=O)C(C)(C)O)c1F. The van der Waals surface area contributed by atoms with Gasteiger partial charge in [-0.3, -0.25) is 4.79 Å². The van der Waals surface area contributed by atoms with E-state index in [2.05, 4.69) is 11.9 Å². The fraction of sp³-hybridized carbons (Fsp3) is 0.375. The quantitative estimate of drug-likeness (QED) is 0.784. The van der Waals surface area contributed by atoms with E-state index in [1.165, 1.54) is 13.8 Å².